The van der Waals surface area contributed by atoms with Gasteiger partial charge in [0.2, 0.25) is 5.91 Å². The smallest absolute Gasteiger partial charge is 0.302 e. The third-order valence-corrected chi connectivity index (χ3v) is 5.10. The molecule has 1 N–H and O–H groups in total. The first-order valence-electron chi connectivity index (χ1n) is 7.58. The zero-order chi connectivity index (χ0) is 15.7. The number of fused-ring (bicyclic) bond motifs is 1. The van der Waals surface area contributed by atoms with Crippen LogP contribution < -0.4 is 10.2 Å². The second kappa shape index (κ2) is 6.28. The standard InChI is InChI=1S/C16H19BrN2O3/c1-10(20)22-11-6-8-19(9-7-11)14-4-3-13-12(16(14)17)2-5-15(21)18-13/h3-4,11H,2,5-9H2,1H3,(H,18,21). The minimum absolute atomic E-state index is 0.0319. The van der Waals surface area contributed by atoms with E-state index in [0.717, 1.165) is 48.2 Å². The van der Waals surface area contributed by atoms with Gasteiger partial charge in [-0.1, -0.05) is 0 Å². The lowest BCUT2D eigenvalue weighted by Crippen LogP contribution is -2.38. The van der Waals surface area contributed by atoms with E-state index in [0.29, 0.717) is 6.42 Å². The van der Waals surface area contributed by atoms with E-state index in [1.807, 2.05) is 12.1 Å². The number of nitrogens with zero attached hydrogens (tertiary/aromatic N) is 1. The van der Waals surface area contributed by atoms with Crippen molar-refractivity contribution in [2.45, 2.75) is 38.7 Å². The second-order valence-electron chi connectivity index (χ2n) is 5.77. The number of carbonyl (C=O) groups is 2. The highest BCUT2D eigenvalue weighted by atomic mass is 79.9. The lowest BCUT2D eigenvalue weighted by Gasteiger charge is -2.34. The Labute approximate surface area is 138 Å². The number of benzene rings is 1. The van der Waals surface area contributed by atoms with Crippen molar-refractivity contribution in [3.05, 3.63) is 22.2 Å². The van der Waals surface area contributed by atoms with E-state index in [1.165, 1.54) is 12.5 Å². The minimum atomic E-state index is -0.204. The number of hydrogen-bond donors (Lipinski definition) is 1. The Morgan fingerprint density at radius 3 is 2.73 bits per heavy atom. The highest BCUT2D eigenvalue weighted by Crippen LogP contribution is 2.38. The molecule has 22 heavy (non-hydrogen) atoms. The molecule has 1 fully saturated rings. The summed E-state index contributed by atoms with van der Waals surface area (Å²) in [7, 11) is 0. The summed E-state index contributed by atoms with van der Waals surface area (Å²) >= 11 is 3.70. The quantitative estimate of drug-likeness (QED) is 0.817. The molecule has 0 saturated carbocycles. The van der Waals surface area contributed by atoms with Gasteiger partial charge in [0.25, 0.3) is 0 Å². The minimum Gasteiger partial charge on any atom is -0.462 e. The number of nitrogens with one attached hydrogen (secondary N) is 1. The molecule has 118 valence electrons. The van der Waals surface area contributed by atoms with Crippen molar-refractivity contribution >= 4 is 39.2 Å². The molecule has 0 aromatic heterocycles. The summed E-state index contributed by atoms with van der Waals surface area (Å²) in [4.78, 5) is 24.8. The molecule has 1 aromatic carbocycles. The Hall–Kier alpha value is -1.56. The first-order valence-corrected chi connectivity index (χ1v) is 8.37. The van der Waals surface area contributed by atoms with E-state index in [1.54, 1.807) is 0 Å². The number of esters is 1. The van der Waals surface area contributed by atoms with Crippen molar-refractivity contribution in [2.24, 2.45) is 0 Å². The van der Waals surface area contributed by atoms with Crippen LogP contribution in [0.4, 0.5) is 11.4 Å². The SMILES string of the molecule is CC(=O)OC1CCN(c2ccc3c(c2Br)CCC(=O)N3)CC1. The van der Waals surface area contributed by atoms with Gasteiger partial charge in [-0.05, 0) is 40.0 Å². The van der Waals surface area contributed by atoms with Crippen molar-refractivity contribution in [2.75, 3.05) is 23.3 Å². The van der Waals surface area contributed by atoms with Crippen molar-refractivity contribution in [1.29, 1.82) is 0 Å². The summed E-state index contributed by atoms with van der Waals surface area (Å²) in [5.74, 6) is -0.126. The van der Waals surface area contributed by atoms with Gasteiger partial charge in [0.15, 0.2) is 0 Å². The van der Waals surface area contributed by atoms with E-state index >= 15 is 0 Å². The van der Waals surface area contributed by atoms with Crippen LogP contribution in [0.25, 0.3) is 0 Å². The van der Waals surface area contributed by atoms with Gasteiger partial charge in [0, 0.05) is 49.4 Å². The van der Waals surface area contributed by atoms with Crippen LogP contribution in [0, 0.1) is 0 Å². The van der Waals surface area contributed by atoms with E-state index in [9.17, 15) is 9.59 Å². The van der Waals surface area contributed by atoms with E-state index in [2.05, 4.69) is 26.1 Å². The number of rotatable bonds is 2. The molecule has 2 aliphatic rings. The molecule has 3 rings (SSSR count). The average molecular weight is 367 g/mol. The van der Waals surface area contributed by atoms with Crippen LogP contribution in [-0.2, 0) is 20.7 Å². The Morgan fingerprint density at radius 2 is 2.05 bits per heavy atom. The molecule has 2 aliphatic heterocycles. The Kier molecular flexibility index (Phi) is 4.38. The van der Waals surface area contributed by atoms with Crippen LogP contribution in [-0.4, -0.2) is 31.1 Å². The number of ether oxygens (including phenoxy) is 1. The molecule has 1 aromatic rings. The number of amides is 1. The second-order valence-corrected chi connectivity index (χ2v) is 6.56. The molecule has 5 nitrogen and oxygen atoms in total. The first-order chi connectivity index (χ1) is 10.5. The fourth-order valence-electron chi connectivity index (χ4n) is 3.12. The normalized spacial score (nSPS) is 18.6. The summed E-state index contributed by atoms with van der Waals surface area (Å²) in [6.07, 6.45) is 3.02. The van der Waals surface area contributed by atoms with E-state index in [4.69, 9.17) is 4.74 Å². The van der Waals surface area contributed by atoms with Crippen molar-refractivity contribution in [1.82, 2.24) is 0 Å². The molecule has 0 radical (unpaired) electrons. The fraction of sp³-hybridized carbons (Fsp3) is 0.500. The van der Waals surface area contributed by atoms with Gasteiger partial charge < -0.3 is 15.0 Å². The summed E-state index contributed by atoms with van der Waals surface area (Å²) < 4.78 is 6.35. The molecule has 6 heteroatoms. The van der Waals surface area contributed by atoms with E-state index < -0.39 is 0 Å². The molecule has 0 unspecified atom stereocenters. The average Bonchev–Trinajstić information content (AvgIpc) is 2.48. The van der Waals surface area contributed by atoms with Crippen molar-refractivity contribution in [3.8, 4) is 0 Å². The lowest BCUT2D eigenvalue weighted by atomic mass is 10.0. The predicted molar refractivity (Wildman–Crippen MR) is 88.1 cm³/mol. The number of anilines is 2. The van der Waals surface area contributed by atoms with Crippen LogP contribution in [0.1, 0.15) is 31.7 Å². The molecule has 0 bridgehead atoms. The zero-order valence-corrected chi connectivity index (χ0v) is 14.1. The summed E-state index contributed by atoms with van der Waals surface area (Å²) in [5, 5.41) is 2.91. The summed E-state index contributed by atoms with van der Waals surface area (Å²) in [5.41, 5.74) is 3.22. The number of carbonyl (C=O) groups excluding carboxylic acids is 2. The number of halogens is 1. The largest absolute Gasteiger partial charge is 0.462 e. The maximum absolute atomic E-state index is 11.5. The molecule has 0 aliphatic carbocycles. The molecular weight excluding hydrogens is 348 g/mol. The molecule has 1 saturated heterocycles. The van der Waals surface area contributed by atoms with Crippen LogP contribution >= 0.6 is 15.9 Å². The van der Waals surface area contributed by atoms with Crippen LogP contribution in [0.3, 0.4) is 0 Å². The molecular formula is C16H19BrN2O3. The molecule has 2 heterocycles. The van der Waals surface area contributed by atoms with Crippen LogP contribution in [0.15, 0.2) is 16.6 Å². The lowest BCUT2D eigenvalue weighted by molar-refractivity contribution is -0.147. The zero-order valence-electron chi connectivity index (χ0n) is 12.5. The Morgan fingerprint density at radius 1 is 1.32 bits per heavy atom. The van der Waals surface area contributed by atoms with Gasteiger partial charge >= 0.3 is 5.97 Å². The third-order valence-electron chi connectivity index (χ3n) is 4.21. The Bertz CT molecular complexity index is 610. The highest BCUT2D eigenvalue weighted by molar-refractivity contribution is 9.10. The summed E-state index contributed by atoms with van der Waals surface area (Å²) in [6, 6.07) is 4.02. The molecule has 0 spiro atoms. The van der Waals surface area contributed by atoms with Gasteiger partial charge in [0.1, 0.15) is 6.10 Å². The van der Waals surface area contributed by atoms with Gasteiger partial charge in [-0.2, -0.15) is 0 Å². The maximum Gasteiger partial charge on any atom is 0.302 e. The third kappa shape index (κ3) is 3.11. The number of piperidine rings is 1. The Balaban J connectivity index is 1.74. The van der Waals surface area contributed by atoms with Gasteiger partial charge in [-0.25, -0.2) is 0 Å². The van der Waals surface area contributed by atoms with Crippen molar-refractivity contribution < 1.29 is 14.3 Å². The maximum atomic E-state index is 11.5. The molecule has 1 amide bonds. The van der Waals surface area contributed by atoms with Crippen LogP contribution in [0.2, 0.25) is 0 Å². The van der Waals surface area contributed by atoms with Gasteiger partial charge in [0.05, 0.1) is 5.69 Å². The topological polar surface area (TPSA) is 58.6 Å². The van der Waals surface area contributed by atoms with E-state index in [-0.39, 0.29) is 18.0 Å². The highest BCUT2D eigenvalue weighted by Gasteiger charge is 2.25. The number of hydrogen-bond acceptors (Lipinski definition) is 4. The van der Waals surface area contributed by atoms with Crippen LogP contribution in [0.5, 0.6) is 0 Å². The van der Waals surface area contributed by atoms with Gasteiger partial charge in [-0.15, -0.1) is 0 Å². The molecule has 0 atom stereocenters. The van der Waals surface area contributed by atoms with Crippen molar-refractivity contribution in [3.63, 3.8) is 0 Å². The first kappa shape index (κ1) is 15.3. The fourth-order valence-corrected chi connectivity index (χ4v) is 3.91. The predicted octanol–water partition coefficient (Wildman–Crippen LogP) is 2.87. The van der Waals surface area contributed by atoms with Gasteiger partial charge in [-0.3, -0.25) is 9.59 Å². The summed E-state index contributed by atoms with van der Waals surface area (Å²) in [6.45, 7) is 3.18. The monoisotopic (exact) mass is 366 g/mol.